The Morgan fingerprint density at radius 1 is 1.58 bits per heavy atom. The minimum Gasteiger partial charge on any atom is -0.480 e. The fraction of sp³-hybridized carbons (Fsp3) is 0.250. The number of carbonyl (C=O) groups is 1. The van der Waals surface area contributed by atoms with Gasteiger partial charge in [-0.1, -0.05) is 0 Å². The molecule has 2 aromatic rings. The van der Waals surface area contributed by atoms with Crippen LogP contribution in [0.4, 0.5) is 5.82 Å². The number of carbonyl (C=O) groups excluding carboxylic acids is 1. The number of hydrogen-bond acceptors (Lipinski definition) is 5. The van der Waals surface area contributed by atoms with Crippen LogP contribution >= 0.6 is 0 Å². The average Bonchev–Trinajstić information content (AvgIpc) is 2.76. The summed E-state index contributed by atoms with van der Waals surface area (Å²) < 4.78 is 6.58. The van der Waals surface area contributed by atoms with Crippen molar-refractivity contribution in [3.8, 4) is 5.88 Å². The lowest BCUT2D eigenvalue weighted by atomic mass is 10.2. The van der Waals surface area contributed by atoms with Gasteiger partial charge in [0.1, 0.15) is 11.4 Å². The van der Waals surface area contributed by atoms with Crippen molar-refractivity contribution in [3.05, 3.63) is 35.7 Å². The number of nitrogens with zero attached hydrogens (tertiary/aromatic N) is 3. The predicted octanol–water partition coefficient (Wildman–Crippen LogP) is 0.336. The van der Waals surface area contributed by atoms with E-state index in [1.54, 1.807) is 36.3 Å². The highest BCUT2D eigenvalue weighted by Gasteiger charge is 2.13. The van der Waals surface area contributed by atoms with Crippen molar-refractivity contribution in [2.45, 2.75) is 6.54 Å². The van der Waals surface area contributed by atoms with Crippen molar-refractivity contribution in [2.24, 2.45) is 7.05 Å². The zero-order chi connectivity index (χ0) is 13.8. The van der Waals surface area contributed by atoms with Crippen molar-refractivity contribution in [3.63, 3.8) is 0 Å². The molecule has 19 heavy (non-hydrogen) atoms. The number of nitrogens with one attached hydrogen (secondary N) is 1. The molecule has 0 radical (unpaired) electrons. The Balaban J connectivity index is 2.07. The molecule has 7 heteroatoms. The lowest BCUT2D eigenvalue weighted by Gasteiger charge is -2.07. The predicted molar refractivity (Wildman–Crippen MR) is 69.6 cm³/mol. The third-order valence-electron chi connectivity index (χ3n) is 2.71. The van der Waals surface area contributed by atoms with Gasteiger partial charge in [0.25, 0.3) is 5.91 Å². The van der Waals surface area contributed by atoms with Crippen LogP contribution in [0.25, 0.3) is 0 Å². The molecule has 0 aliphatic rings. The number of anilines is 1. The Kier molecular flexibility index (Phi) is 3.65. The normalized spacial score (nSPS) is 10.2. The molecule has 7 nitrogen and oxygen atoms in total. The summed E-state index contributed by atoms with van der Waals surface area (Å²) in [7, 11) is 3.21. The summed E-state index contributed by atoms with van der Waals surface area (Å²) >= 11 is 0. The van der Waals surface area contributed by atoms with E-state index >= 15 is 0 Å². The van der Waals surface area contributed by atoms with Gasteiger partial charge >= 0.3 is 0 Å². The molecule has 3 N–H and O–H groups in total. The molecule has 0 saturated heterocycles. The minimum atomic E-state index is -0.270. The lowest BCUT2D eigenvalue weighted by molar-refractivity contribution is 0.0947. The minimum absolute atomic E-state index is 0.270. The van der Waals surface area contributed by atoms with Crippen LogP contribution < -0.4 is 15.8 Å². The number of pyridine rings is 1. The van der Waals surface area contributed by atoms with Crippen LogP contribution in [0.15, 0.2) is 24.5 Å². The molecule has 2 aromatic heterocycles. The first-order chi connectivity index (χ1) is 9.13. The highest BCUT2D eigenvalue weighted by molar-refractivity contribution is 5.96. The smallest absolute Gasteiger partial charge is 0.257 e. The summed E-state index contributed by atoms with van der Waals surface area (Å²) in [5, 5.41) is 6.76. The van der Waals surface area contributed by atoms with E-state index < -0.39 is 0 Å². The second kappa shape index (κ2) is 5.38. The number of aryl methyl sites for hydroxylation is 1. The van der Waals surface area contributed by atoms with E-state index in [-0.39, 0.29) is 5.91 Å². The first-order valence-electron chi connectivity index (χ1n) is 5.67. The molecule has 0 aliphatic heterocycles. The number of hydrogen-bond donors (Lipinski definition) is 2. The first kappa shape index (κ1) is 12.9. The molecule has 0 fully saturated rings. The molecule has 0 aromatic carbocycles. The van der Waals surface area contributed by atoms with Crippen LogP contribution in [0.3, 0.4) is 0 Å². The number of aromatic nitrogens is 3. The molecule has 0 bridgehead atoms. The summed E-state index contributed by atoms with van der Waals surface area (Å²) in [4.78, 5) is 16.0. The van der Waals surface area contributed by atoms with E-state index in [0.29, 0.717) is 23.8 Å². The van der Waals surface area contributed by atoms with Crippen LogP contribution in [-0.4, -0.2) is 27.8 Å². The number of amides is 1. The van der Waals surface area contributed by atoms with Gasteiger partial charge in [0.15, 0.2) is 0 Å². The van der Waals surface area contributed by atoms with E-state index in [9.17, 15) is 4.79 Å². The number of rotatable bonds is 4. The van der Waals surface area contributed by atoms with Crippen molar-refractivity contribution in [1.82, 2.24) is 20.1 Å². The van der Waals surface area contributed by atoms with Crippen LogP contribution in [0, 0.1) is 0 Å². The molecule has 0 aliphatic carbocycles. The lowest BCUT2D eigenvalue weighted by Crippen LogP contribution is -2.24. The summed E-state index contributed by atoms with van der Waals surface area (Å²) in [5.74, 6) is 0.547. The van der Waals surface area contributed by atoms with Crippen LogP contribution in [-0.2, 0) is 13.6 Å². The van der Waals surface area contributed by atoms with Crippen LogP contribution in [0.5, 0.6) is 5.88 Å². The SMILES string of the molecule is COc1ncccc1C(=O)NCc1cnn(C)c1N. The number of ether oxygens (including phenoxy) is 1. The second-order valence-electron chi connectivity index (χ2n) is 3.92. The van der Waals surface area contributed by atoms with E-state index in [1.165, 1.54) is 7.11 Å². The van der Waals surface area contributed by atoms with Crippen molar-refractivity contribution in [1.29, 1.82) is 0 Å². The molecule has 0 saturated carbocycles. The second-order valence-corrected chi connectivity index (χ2v) is 3.92. The quantitative estimate of drug-likeness (QED) is 0.827. The Labute approximate surface area is 110 Å². The van der Waals surface area contributed by atoms with Crippen molar-refractivity contribution in [2.75, 3.05) is 12.8 Å². The van der Waals surface area contributed by atoms with Gasteiger partial charge in [0.05, 0.1) is 13.3 Å². The maximum absolute atomic E-state index is 12.0. The largest absolute Gasteiger partial charge is 0.480 e. The maximum atomic E-state index is 12.0. The fourth-order valence-corrected chi connectivity index (χ4v) is 1.63. The molecule has 0 unspecified atom stereocenters. The van der Waals surface area contributed by atoms with Gasteiger partial charge in [0, 0.05) is 25.4 Å². The van der Waals surface area contributed by atoms with E-state index in [4.69, 9.17) is 10.5 Å². The average molecular weight is 261 g/mol. The molecule has 0 atom stereocenters. The summed E-state index contributed by atoms with van der Waals surface area (Å²) in [5.41, 5.74) is 6.94. The van der Waals surface area contributed by atoms with E-state index in [2.05, 4.69) is 15.4 Å². The molecular weight excluding hydrogens is 246 g/mol. The molecule has 1 amide bonds. The number of nitrogens with two attached hydrogens (primary N) is 1. The zero-order valence-corrected chi connectivity index (χ0v) is 10.8. The zero-order valence-electron chi connectivity index (χ0n) is 10.8. The maximum Gasteiger partial charge on any atom is 0.257 e. The molecule has 0 spiro atoms. The van der Waals surface area contributed by atoms with Gasteiger partial charge in [0.2, 0.25) is 5.88 Å². The third-order valence-corrected chi connectivity index (χ3v) is 2.71. The van der Waals surface area contributed by atoms with Crippen LogP contribution in [0.2, 0.25) is 0 Å². The monoisotopic (exact) mass is 261 g/mol. The Morgan fingerprint density at radius 3 is 3.00 bits per heavy atom. The van der Waals surface area contributed by atoms with Gasteiger partial charge in [-0.25, -0.2) is 4.98 Å². The van der Waals surface area contributed by atoms with Gasteiger partial charge in [-0.3, -0.25) is 9.48 Å². The van der Waals surface area contributed by atoms with Crippen molar-refractivity contribution >= 4 is 11.7 Å². The first-order valence-corrected chi connectivity index (χ1v) is 5.67. The van der Waals surface area contributed by atoms with Gasteiger partial charge in [-0.15, -0.1) is 0 Å². The highest BCUT2D eigenvalue weighted by Crippen LogP contribution is 2.14. The summed E-state index contributed by atoms with van der Waals surface area (Å²) in [6, 6.07) is 3.32. The molecule has 100 valence electrons. The molecular formula is C12H15N5O2. The third kappa shape index (κ3) is 2.65. The number of methoxy groups -OCH3 is 1. The standard InChI is InChI=1S/C12H15N5O2/c1-17-10(13)8(7-16-17)6-15-11(18)9-4-3-5-14-12(9)19-2/h3-5,7H,6,13H2,1-2H3,(H,15,18). The van der Waals surface area contributed by atoms with Crippen LogP contribution in [0.1, 0.15) is 15.9 Å². The Bertz CT molecular complexity index is 594. The molecule has 2 heterocycles. The summed E-state index contributed by atoms with van der Waals surface area (Å²) in [6.45, 7) is 0.302. The van der Waals surface area contributed by atoms with E-state index in [0.717, 1.165) is 5.56 Å². The Hall–Kier alpha value is -2.57. The van der Waals surface area contributed by atoms with E-state index in [1.807, 2.05) is 0 Å². The Morgan fingerprint density at radius 2 is 2.37 bits per heavy atom. The topological polar surface area (TPSA) is 95.1 Å². The van der Waals surface area contributed by atoms with Gasteiger partial charge in [-0.05, 0) is 12.1 Å². The highest BCUT2D eigenvalue weighted by atomic mass is 16.5. The molecule has 2 rings (SSSR count). The van der Waals surface area contributed by atoms with Gasteiger partial charge < -0.3 is 15.8 Å². The summed E-state index contributed by atoms with van der Waals surface area (Å²) in [6.07, 6.45) is 3.19. The van der Waals surface area contributed by atoms with Gasteiger partial charge in [-0.2, -0.15) is 5.10 Å². The van der Waals surface area contributed by atoms with Crippen molar-refractivity contribution < 1.29 is 9.53 Å². The fourth-order valence-electron chi connectivity index (χ4n) is 1.63. The number of nitrogen functional groups attached to an aromatic ring is 1.